The van der Waals surface area contributed by atoms with Gasteiger partial charge in [0.05, 0.1) is 35.3 Å². The third kappa shape index (κ3) is 5.15. The average molecular weight is 445 g/mol. The van der Waals surface area contributed by atoms with Crippen molar-refractivity contribution in [2.24, 2.45) is 0 Å². The largest absolute Gasteiger partial charge is 0.465 e. The Morgan fingerprint density at radius 2 is 1.71 bits per heavy atom. The fourth-order valence-electron chi connectivity index (χ4n) is 2.50. The Morgan fingerprint density at radius 3 is 2.25 bits per heavy atom. The first-order valence-corrected chi connectivity index (χ1v) is 10.6. The van der Waals surface area contributed by atoms with Crippen LogP contribution in [0.2, 0.25) is 10.0 Å². The number of halogens is 2. The Hall–Kier alpha value is -2.29. The number of nitrogens with one attached hydrogen (secondary N) is 1. The van der Waals surface area contributed by atoms with E-state index in [2.05, 4.69) is 10.1 Å². The molecule has 0 unspecified atom stereocenters. The van der Waals surface area contributed by atoms with Crippen molar-refractivity contribution in [1.29, 1.82) is 0 Å². The molecule has 0 spiro atoms. The number of amides is 1. The van der Waals surface area contributed by atoms with Gasteiger partial charge in [0.15, 0.2) is 0 Å². The minimum Gasteiger partial charge on any atom is -0.465 e. The Balaban J connectivity index is 2.34. The molecule has 1 atom stereocenters. The van der Waals surface area contributed by atoms with Gasteiger partial charge in [-0.1, -0.05) is 23.2 Å². The van der Waals surface area contributed by atoms with Crippen molar-refractivity contribution in [3.63, 3.8) is 0 Å². The van der Waals surface area contributed by atoms with Crippen molar-refractivity contribution in [2.45, 2.75) is 13.0 Å². The number of hydrogen-bond donors (Lipinski definition) is 1. The predicted molar refractivity (Wildman–Crippen MR) is 110 cm³/mol. The number of nitrogens with zero attached hydrogens (tertiary/aromatic N) is 1. The summed E-state index contributed by atoms with van der Waals surface area (Å²) in [6.07, 6.45) is 0.996. The first kappa shape index (κ1) is 22.0. The summed E-state index contributed by atoms with van der Waals surface area (Å²) < 4.78 is 30.2. The first-order valence-electron chi connectivity index (χ1n) is 7.98. The molecular formula is C18H18Cl2N2O5S. The standard InChI is InChI=1S/C18H18Cl2N2O5S/c1-11(22(28(3,25)26)14-7-5-13(19)6-8-14)17(23)21-16-10-12(18(24)27-2)4-9-15(16)20/h4-11H,1-3H3,(H,21,23)/t11-/m1/s1. The third-order valence-electron chi connectivity index (χ3n) is 3.81. The van der Waals surface area contributed by atoms with E-state index in [-0.39, 0.29) is 22.0 Å². The lowest BCUT2D eigenvalue weighted by Gasteiger charge is -2.28. The van der Waals surface area contributed by atoms with Gasteiger partial charge in [-0.15, -0.1) is 0 Å². The molecule has 10 heteroatoms. The van der Waals surface area contributed by atoms with Gasteiger partial charge in [0, 0.05) is 5.02 Å². The van der Waals surface area contributed by atoms with Crippen molar-refractivity contribution >= 4 is 56.5 Å². The molecule has 0 aromatic heterocycles. The summed E-state index contributed by atoms with van der Waals surface area (Å²) in [5.74, 6) is -1.23. The monoisotopic (exact) mass is 444 g/mol. The number of ether oxygens (including phenoxy) is 1. The van der Waals surface area contributed by atoms with Gasteiger partial charge < -0.3 is 10.1 Å². The van der Waals surface area contributed by atoms with E-state index in [1.807, 2.05) is 0 Å². The van der Waals surface area contributed by atoms with Crippen molar-refractivity contribution < 1.29 is 22.7 Å². The second kappa shape index (κ2) is 8.81. The van der Waals surface area contributed by atoms with E-state index in [1.165, 1.54) is 56.5 Å². The highest BCUT2D eigenvalue weighted by atomic mass is 35.5. The molecule has 7 nitrogen and oxygen atoms in total. The molecule has 2 aromatic carbocycles. The maximum absolute atomic E-state index is 12.7. The lowest BCUT2D eigenvalue weighted by Crippen LogP contribution is -2.45. The fraction of sp³-hybridized carbons (Fsp3) is 0.222. The molecule has 0 bridgehead atoms. The molecule has 0 fully saturated rings. The molecule has 0 aliphatic heterocycles. The SMILES string of the molecule is COC(=O)c1ccc(Cl)c(NC(=O)[C@@H](C)N(c2ccc(Cl)cc2)S(C)(=O)=O)c1. The molecular weight excluding hydrogens is 427 g/mol. The zero-order valence-electron chi connectivity index (χ0n) is 15.3. The normalized spacial score (nSPS) is 12.2. The fourth-order valence-corrected chi connectivity index (χ4v) is 3.97. The molecule has 1 N–H and O–H groups in total. The predicted octanol–water partition coefficient (Wildman–Crippen LogP) is 3.57. The number of carbonyl (C=O) groups excluding carboxylic acids is 2. The summed E-state index contributed by atoms with van der Waals surface area (Å²) in [5, 5.41) is 3.17. The van der Waals surface area contributed by atoms with Gasteiger partial charge in [-0.25, -0.2) is 13.2 Å². The molecule has 2 rings (SSSR count). The van der Waals surface area contributed by atoms with Crippen molar-refractivity contribution in [1.82, 2.24) is 0 Å². The number of benzene rings is 2. The Labute approximate surface area is 173 Å². The van der Waals surface area contributed by atoms with Gasteiger partial charge in [0.25, 0.3) is 0 Å². The van der Waals surface area contributed by atoms with Crippen LogP contribution < -0.4 is 9.62 Å². The molecule has 2 aromatic rings. The van der Waals surface area contributed by atoms with E-state index >= 15 is 0 Å². The maximum Gasteiger partial charge on any atom is 0.337 e. The van der Waals surface area contributed by atoms with Crippen molar-refractivity contribution in [3.05, 3.63) is 58.1 Å². The summed E-state index contributed by atoms with van der Waals surface area (Å²) in [6.45, 7) is 1.43. The second-order valence-corrected chi connectivity index (χ2v) is 8.59. The van der Waals surface area contributed by atoms with Crippen LogP contribution in [-0.4, -0.2) is 39.7 Å². The highest BCUT2D eigenvalue weighted by Gasteiger charge is 2.29. The number of carbonyl (C=O) groups is 2. The van der Waals surface area contributed by atoms with Crippen LogP contribution >= 0.6 is 23.2 Å². The summed E-state index contributed by atoms with van der Waals surface area (Å²) in [6, 6.07) is 9.18. The Kier molecular flexibility index (Phi) is 6.92. The number of rotatable bonds is 6. The van der Waals surface area contributed by atoms with Crippen LogP contribution in [0, 0.1) is 0 Å². The minimum absolute atomic E-state index is 0.158. The lowest BCUT2D eigenvalue weighted by molar-refractivity contribution is -0.116. The topological polar surface area (TPSA) is 92.8 Å². The molecule has 0 aliphatic carbocycles. The Morgan fingerprint density at radius 1 is 1.11 bits per heavy atom. The van der Waals surface area contributed by atoms with E-state index in [1.54, 1.807) is 0 Å². The zero-order chi connectivity index (χ0) is 21.1. The maximum atomic E-state index is 12.7. The second-order valence-electron chi connectivity index (χ2n) is 5.89. The van der Waals surface area contributed by atoms with E-state index in [9.17, 15) is 18.0 Å². The van der Waals surface area contributed by atoms with Gasteiger partial charge in [-0.2, -0.15) is 0 Å². The number of esters is 1. The summed E-state index contributed by atoms with van der Waals surface area (Å²) >= 11 is 11.9. The van der Waals surface area contributed by atoms with Crippen LogP contribution in [0.1, 0.15) is 17.3 Å². The van der Waals surface area contributed by atoms with Crippen LogP contribution in [0.5, 0.6) is 0 Å². The van der Waals surface area contributed by atoms with Crippen LogP contribution in [0.3, 0.4) is 0 Å². The molecule has 0 heterocycles. The summed E-state index contributed by atoms with van der Waals surface area (Å²) in [7, 11) is -2.55. The van der Waals surface area contributed by atoms with Crippen molar-refractivity contribution in [2.75, 3.05) is 23.0 Å². The molecule has 0 radical (unpaired) electrons. The third-order valence-corrected chi connectivity index (χ3v) is 5.64. The van der Waals surface area contributed by atoms with Crippen LogP contribution in [0.15, 0.2) is 42.5 Å². The number of sulfonamides is 1. The molecule has 28 heavy (non-hydrogen) atoms. The highest BCUT2D eigenvalue weighted by Crippen LogP contribution is 2.26. The van der Waals surface area contributed by atoms with Gasteiger partial charge in [-0.05, 0) is 49.4 Å². The quantitative estimate of drug-likeness (QED) is 0.687. The highest BCUT2D eigenvalue weighted by molar-refractivity contribution is 7.92. The molecule has 150 valence electrons. The van der Waals surface area contributed by atoms with Gasteiger partial charge in [0.2, 0.25) is 15.9 Å². The molecule has 0 aliphatic rings. The van der Waals surface area contributed by atoms with Crippen LogP contribution in [0.4, 0.5) is 11.4 Å². The molecule has 1 amide bonds. The Bertz CT molecular complexity index is 994. The summed E-state index contributed by atoms with van der Waals surface area (Å²) in [4.78, 5) is 24.4. The number of hydrogen-bond acceptors (Lipinski definition) is 5. The van der Waals surface area contributed by atoms with E-state index in [0.29, 0.717) is 5.02 Å². The molecule has 0 saturated carbocycles. The first-order chi connectivity index (χ1) is 13.0. The smallest absolute Gasteiger partial charge is 0.337 e. The number of methoxy groups -OCH3 is 1. The number of anilines is 2. The zero-order valence-corrected chi connectivity index (χ0v) is 17.6. The van der Waals surface area contributed by atoms with Gasteiger partial charge >= 0.3 is 5.97 Å². The van der Waals surface area contributed by atoms with E-state index in [0.717, 1.165) is 10.6 Å². The van der Waals surface area contributed by atoms with Gasteiger partial charge in [-0.3, -0.25) is 9.10 Å². The van der Waals surface area contributed by atoms with Gasteiger partial charge in [0.1, 0.15) is 6.04 Å². The minimum atomic E-state index is -3.78. The summed E-state index contributed by atoms with van der Waals surface area (Å²) in [5.41, 5.74) is 0.627. The van der Waals surface area contributed by atoms with Crippen LogP contribution in [0.25, 0.3) is 0 Å². The van der Waals surface area contributed by atoms with E-state index in [4.69, 9.17) is 23.2 Å². The van der Waals surface area contributed by atoms with E-state index < -0.39 is 27.9 Å². The van der Waals surface area contributed by atoms with Crippen molar-refractivity contribution in [3.8, 4) is 0 Å². The molecule has 0 saturated heterocycles. The average Bonchev–Trinajstić information content (AvgIpc) is 2.63. The van der Waals surface area contributed by atoms with Crippen LogP contribution in [-0.2, 0) is 19.6 Å². The lowest BCUT2D eigenvalue weighted by atomic mass is 10.2.